The predicted octanol–water partition coefficient (Wildman–Crippen LogP) is 2.07. The lowest BCUT2D eigenvalue weighted by Crippen LogP contribution is -2.34. The summed E-state index contributed by atoms with van der Waals surface area (Å²) >= 11 is 0. The van der Waals surface area contributed by atoms with Crippen molar-refractivity contribution in [2.45, 2.75) is 19.9 Å². The van der Waals surface area contributed by atoms with Crippen LogP contribution in [0.4, 0.5) is 0 Å². The molecule has 0 aliphatic rings. The number of fused-ring (bicyclic) bond motifs is 1. The van der Waals surface area contributed by atoms with Crippen molar-refractivity contribution in [1.82, 2.24) is 14.9 Å². The largest absolute Gasteiger partial charge is 0.496 e. The molecular formula is C20H21N3O3. The molecule has 0 spiro atoms. The highest BCUT2D eigenvalue weighted by Crippen LogP contribution is 2.17. The number of nitrogens with zero attached hydrogens (tertiary/aromatic N) is 2. The second-order valence-electron chi connectivity index (χ2n) is 5.99. The van der Waals surface area contributed by atoms with E-state index in [0.29, 0.717) is 29.7 Å². The molecule has 0 saturated heterocycles. The number of nitrogens with one attached hydrogen (secondary N) is 1. The number of amides is 1. The average Bonchev–Trinajstić information content (AvgIpc) is 2.66. The van der Waals surface area contributed by atoms with Crippen LogP contribution in [-0.2, 0) is 17.8 Å². The highest BCUT2D eigenvalue weighted by atomic mass is 16.5. The topological polar surface area (TPSA) is 73.2 Å². The molecule has 0 radical (unpaired) electrons. The first kappa shape index (κ1) is 17.7. The van der Waals surface area contributed by atoms with Gasteiger partial charge in [0.2, 0.25) is 5.91 Å². The van der Waals surface area contributed by atoms with Crippen molar-refractivity contribution in [1.29, 1.82) is 0 Å². The molecule has 3 aromatic rings. The van der Waals surface area contributed by atoms with E-state index in [2.05, 4.69) is 10.3 Å². The third-order valence-corrected chi connectivity index (χ3v) is 4.23. The van der Waals surface area contributed by atoms with Crippen molar-refractivity contribution in [2.24, 2.45) is 0 Å². The summed E-state index contributed by atoms with van der Waals surface area (Å²) in [5.74, 6) is 0.589. The number of benzene rings is 2. The monoisotopic (exact) mass is 351 g/mol. The van der Waals surface area contributed by atoms with Gasteiger partial charge in [-0.05, 0) is 37.1 Å². The van der Waals surface area contributed by atoms with Crippen LogP contribution in [0.2, 0.25) is 0 Å². The zero-order valence-electron chi connectivity index (χ0n) is 14.9. The summed E-state index contributed by atoms with van der Waals surface area (Å²) in [7, 11) is 1.63. The first-order valence-corrected chi connectivity index (χ1v) is 8.45. The SMILES string of the molecule is COc1ccccc1CCNC(=O)Cn1c(=O)c(C)nc2ccccc21. The lowest BCUT2D eigenvalue weighted by molar-refractivity contribution is -0.121. The van der Waals surface area contributed by atoms with E-state index in [9.17, 15) is 9.59 Å². The third-order valence-electron chi connectivity index (χ3n) is 4.23. The van der Waals surface area contributed by atoms with Crippen LogP contribution in [0.1, 0.15) is 11.3 Å². The molecule has 0 bridgehead atoms. The Morgan fingerprint density at radius 1 is 1.15 bits per heavy atom. The van der Waals surface area contributed by atoms with E-state index in [1.54, 1.807) is 20.1 Å². The number of hydrogen-bond donors (Lipinski definition) is 1. The molecule has 1 N–H and O–H groups in total. The van der Waals surface area contributed by atoms with Gasteiger partial charge < -0.3 is 10.1 Å². The second-order valence-corrected chi connectivity index (χ2v) is 5.99. The molecule has 1 amide bonds. The second kappa shape index (κ2) is 7.82. The molecule has 26 heavy (non-hydrogen) atoms. The van der Waals surface area contributed by atoms with E-state index < -0.39 is 0 Å². The number of aromatic nitrogens is 2. The van der Waals surface area contributed by atoms with Crippen LogP contribution in [0.25, 0.3) is 11.0 Å². The van der Waals surface area contributed by atoms with Gasteiger partial charge in [-0.3, -0.25) is 14.2 Å². The molecule has 1 heterocycles. The van der Waals surface area contributed by atoms with E-state index >= 15 is 0 Å². The Labute approximate surface area is 151 Å². The van der Waals surface area contributed by atoms with E-state index in [-0.39, 0.29) is 18.0 Å². The number of para-hydroxylation sites is 3. The first-order chi connectivity index (χ1) is 12.6. The minimum Gasteiger partial charge on any atom is -0.496 e. The van der Waals surface area contributed by atoms with Crippen molar-refractivity contribution in [3.05, 3.63) is 70.1 Å². The molecule has 1 aromatic heterocycles. The fourth-order valence-electron chi connectivity index (χ4n) is 2.92. The Balaban J connectivity index is 1.70. The standard InChI is InChI=1S/C20H21N3O3/c1-14-20(25)23(17-9-5-4-8-16(17)22-14)13-19(24)21-12-11-15-7-3-6-10-18(15)26-2/h3-10H,11-13H2,1-2H3,(H,21,24). The van der Waals surface area contributed by atoms with Gasteiger partial charge in [0.15, 0.2) is 0 Å². The van der Waals surface area contributed by atoms with Gasteiger partial charge in [-0.15, -0.1) is 0 Å². The maximum absolute atomic E-state index is 12.4. The van der Waals surface area contributed by atoms with Crippen molar-refractivity contribution in [3.8, 4) is 5.75 Å². The Hall–Kier alpha value is -3.15. The van der Waals surface area contributed by atoms with Crippen LogP contribution in [0.5, 0.6) is 5.75 Å². The number of carbonyl (C=O) groups is 1. The smallest absolute Gasteiger partial charge is 0.272 e. The Morgan fingerprint density at radius 2 is 1.88 bits per heavy atom. The van der Waals surface area contributed by atoms with Gasteiger partial charge in [-0.2, -0.15) is 0 Å². The maximum atomic E-state index is 12.4. The van der Waals surface area contributed by atoms with Gasteiger partial charge in [0.25, 0.3) is 5.56 Å². The number of hydrogen-bond acceptors (Lipinski definition) is 4. The van der Waals surface area contributed by atoms with Crippen LogP contribution in [0.3, 0.4) is 0 Å². The van der Waals surface area contributed by atoms with Gasteiger partial charge in [0.05, 0.1) is 18.1 Å². The van der Waals surface area contributed by atoms with Gasteiger partial charge in [0, 0.05) is 6.54 Å². The summed E-state index contributed by atoms with van der Waals surface area (Å²) < 4.78 is 6.78. The fraction of sp³-hybridized carbons (Fsp3) is 0.250. The predicted molar refractivity (Wildman–Crippen MR) is 100 cm³/mol. The molecule has 0 saturated carbocycles. The minimum absolute atomic E-state index is 0.0331. The van der Waals surface area contributed by atoms with Crippen molar-refractivity contribution >= 4 is 16.9 Å². The van der Waals surface area contributed by atoms with Crippen molar-refractivity contribution in [3.63, 3.8) is 0 Å². The summed E-state index contributed by atoms with van der Waals surface area (Å²) in [5.41, 5.74) is 2.51. The van der Waals surface area contributed by atoms with Crippen molar-refractivity contribution < 1.29 is 9.53 Å². The average molecular weight is 351 g/mol. The number of rotatable bonds is 6. The quantitative estimate of drug-likeness (QED) is 0.738. The van der Waals surface area contributed by atoms with E-state index in [1.165, 1.54) is 4.57 Å². The molecule has 134 valence electrons. The van der Waals surface area contributed by atoms with E-state index in [4.69, 9.17) is 4.74 Å². The van der Waals surface area contributed by atoms with Crippen LogP contribution in [0.15, 0.2) is 53.3 Å². The Kier molecular flexibility index (Phi) is 5.31. The van der Waals surface area contributed by atoms with Crippen LogP contribution < -0.4 is 15.6 Å². The number of ether oxygens (including phenoxy) is 1. The molecule has 0 aliphatic carbocycles. The molecule has 2 aromatic carbocycles. The highest BCUT2D eigenvalue weighted by molar-refractivity contribution is 5.80. The van der Waals surface area contributed by atoms with E-state index in [1.807, 2.05) is 42.5 Å². The highest BCUT2D eigenvalue weighted by Gasteiger charge is 2.11. The fourth-order valence-corrected chi connectivity index (χ4v) is 2.92. The Bertz CT molecular complexity index is 995. The zero-order valence-corrected chi connectivity index (χ0v) is 14.9. The van der Waals surface area contributed by atoms with Crippen LogP contribution >= 0.6 is 0 Å². The molecular weight excluding hydrogens is 330 g/mol. The summed E-state index contributed by atoms with van der Waals surface area (Å²) in [6.07, 6.45) is 0.654. The Morgan fingerprint density at radius 3 is 2.69 bits per heavy atom. The first-order valence-electron chi connectivity index (χ1n) is 8.45. The van der Waals surface area contributed by atoms with E-state index in [0.717, 1.165) is 11.3 Å². The minimum atomic E-state index is -0.247. The van der Waals surface area contributed by atoms with Gasteiger partial charge >= 0.3 is 0 Å². The molecule has 0 aliphatic heterocycles. The summed E-state index contributed by atoms with van der Waals surface area (Å²) in [6, 6.07) is 15.0. The van der Waals surface area contributed by atoms with Crippen molar-refractivity contribution in [2.75, 3.05) is 13.7 Å². The summed E-state index contributed by atoms with van der Waals surface area (Å²) in [4.78, 5) is 29.0. The molecule has 0 atom stereocenters. The lowest BCUT2D eigenvalue weighted by Gasteiger charge is -2.12. The third kappa shape index (κ3) is 3.74. The number of carbonyl (C=O) groups excluding carboxylic acids is 1. The number of aryl methyl sites for hydroxylation is 1. The summed E-state index contributed by atoms with van der Waals surface area (Å²) in [6.45, 7) is 2.09. The molecule has 0 unspecified atom stereocenters. The van der Waals surface area contributed by atoms with Gasteiger partial charge in [-0.1, -0.05) is 30.3 Å². The molecule has 3 rings (SSSR count). The molecule has 0 fully saturated rings. The summed E-state index contributed by atoms with van der Waals surface area (Å²) in [5, 5.41) is 2.87. The maximum Gasteiger partial charge on any atom is 0.272 e. The molecule has 6 heteroatoms. The molecule has 6 nitrogen and oxygen atoms in total. The van der Waals surface area contributed by atoms with Crippen LogP contribution in [-0.4, -0.2) is 29.1 Å². The zero-order chi connectivity index (χ0) is 18.5. The van der Waals surface area contributed by atoms with Gasteiger partial charge in [-0.25, -0.2) is 4.98 Å². The lowest BCUT2D eigenvalue weighted by atomic mass is 10.1. The van der Waals surface area contributed by atoms with Crippen LogP contribution in [0, 0.1) is 6.92 Å². The normalized spacial score (nSPS) is 10.7. The van der Waals surface area contributed by atoms with Gasteiger partial charge in [0.1, 0.15) is 18.0 Å². The number of methoxy groups -OCH3 is 1.